The van der Waals surface area contributed by atoms with Crippen LogP contribution < -0.4 is 10.6 Å². The van der Waals surface area contributed by atoms with Gasteiger partial charge in [0.15, 0.2) is 0 Å². The predicted molar refractivity (Wildman–Crippen MR) is 112 cm³/mol. The summed E-state index contributed by atoms with van der Waals surface area (Å²) in [5.41, 5.74) is 3.71. The van der Waals surface area contributed by atoms with Gasteiger partial charge in [0.1, 0.15) is 0 Å². The van der Waals surface area contributed by atoms with Crippen molar-refractivity contribution < 1.29 is 9.53 Å². The molecule has 1 saturated heterocycles. The van der Waals surface area contributed by atoms with Crippen LogP contribution in [0.2, 0.25) is 0 Å². The molecule has 1 atom stereocenters. The van der Waals surface area contributed by atoms with Crippen LogP contribution in [-0.4, -0.2) is 31.1 Å². The number of nitrogens with one attached hydrogen (secondary N) is 2. The third kappa shape index (κ3) is 5.65. The smallest absolute Gasteiger partial charge is 0.257 e. The Labute approximate surface area is 168 Å². The van der Waals surface area contributed by atoms with E-state index in [1.165, 1.54) is 0 Å². The molecule has 0 aliphatic carbocycles. The SMILES string of the molecule is Cc1ccc(C(=O)NC(=NC[C@H]2CCCO2)Nc2ccc(Br)cc2)cc1C. The van der Waals surface area contributed by atoms with E-state index in [0.29, 0.717) is 18.1 Å². The lowest BCUT2D eigenvalue weighted by Gasteiger charge is -2.14. The minimum absolute atomic E-state index is 0.116. The molecule has 1 aliphatic rings. The summed E-state index contributed by atoms with van der Waals surface area (Å²) in [5.74, 6) is 0.241. The first-order valence-electron chi connectivity index (χ1n) is 9.08. The largest absolute Gasteiger partial charge is 0.376 e. The number of aliphatic imine (C=N–C) groups is 1. The molecule has 0 aromatic heterocycles. The molecule has 1 heterocycles. The fourth-order valence-corrected chi connectivity index (χ4v) is 3.09. The molecule has 2 N–H and O–H groups in total. The van der Waals surface area contributed by atoms with Gasteiger partial charge in [-0.25, -0.2) is 4.99 Å². The Balaban J connectivity index is 1.75. The number of carbonyl (C=O) groups excluding carboxylic acids is 1. The van der Waals surface area contributed by atoms with Crippen LogP contribution in [0.1, 0.15) is 34.3 Å². The highest BCUT2D eigenvalue weighted by Crippen LogP contribution is 2.15. The molecule has 0 spiro atoms. The molecule has 142 valence electrons. The molecule has 1 amide bonds. The summed E-state index contributed by atoms with van der Waals surface area (Å²) >= 11 is 3.43. The van der Waals surface area contributed by atoms with E-state index < -0.39 is 0 Å². The summed E-state index contributed by atoms with van der Waals surface area (Å²) in [6.45, 7) is 5.33. The number of carbonyl (C=O) groups is 1. The van der Waals surface area contributed by atoms with Gasteiger partial charge in [-0.1, -0.05) is 22.0 Å². The summed E-state index contributed by atoms with van der Waals surface area (Å²) in [6.07, 6.45) is 2.18. The number of rotatable bonds is 4. The number of anilines is 1. The lowest BCUT2D eigenvalue weighted by molar-refractivity contribution is 0.0975. The Morgan fingerprint density at radius 1 is 1.19 bits per heavy atom. The first-order valence-corrected chi connectivity index (χ1v) is 9.88. The maximum atomic E-state index is 12.7. The van der Waals surface area contributed by atoms with Crippen molar-refractivity contribution in [1.82, 2.24) is 5.32 Å². The standard InChI is InChI=1S/C21H24BrN3O2/c1-14-5-6-16(12-15(14)2)20(26)25-21(23-13-19-4-3-11-27-19)24-18-9-7-17(22)8-10-18/h5-10,12,19H,3-4,11,13H2,1-2H3,(H2,23,24,25,26)/t19-/m1/s1. The zero-order chi connectivity index (χ0) is 19.2. The van der Waals surface area contributed by atoms with Gasteiger partial charge in [0.2, 0.25) is 5.96 Å². The molecule has 0 radical (unpaired) electrons. The fourth-order valence-electron chi connectivity index (χ4n) is 2.82. The fraction of sp³-hybridized carbons (Fsp3) is 0.333. The molecule has 5 nitrogen and oxygen atoms in total. The third-order valence-electron chi connectivity index (χ3n) is 4.59. The van der Waals surface area contributed by atoms with Crippen molar-refractivity contribution in [2.75, 3.05) is 18.5 Å². The van der Waals surface area contributed by atoms with E-state index >= 15 is 0 Å². The highest BCUT2D eigenvalue weighted by atomic mass is 79.9. The van der Waals surface area contributed by atoms with Crippen LogP contribution in [0.3, 0.4) is 0 Å². The summed E-state index contributed by atoms with van der Waals surface area (Å²) in [7, 11) is 0. The third-order valence-corrected chi connectivity index (χ3v) is 5.11. The zero-order valence-electron chi connectivity index (χ0n) is 15.6. The molecular weight excluding hydrogens is 406 g/mol. The number of nitrogens with zero attached hydrogens (tertiary/aromatic N) is 1. The van der Waals surface area contributed by atoms with Gasteiger partial charge < -0.3 is 10.1 Å². The molecule has 0 saturated carbocycles. The number of guanidine groups is 1. The second-order valence-corrected chi connectivity index (χ2v) is 7.63. The molecule has 1 fully saturated rings. The average Bonchev–Trinajstić information content (AvgIpc) is 3.17. The van der Waals surface area contributed by atoms with Crippen LogP contribution in [0.5, 0.6) is 0 Å². The van der Waals surface area contributed by atoms with Crippen molar-refractivity contribution >= 4 is 33.5 Å². The average molecular weight is 430 g/mol. The minimum atomic E-state index is -0.186. The number of hydrogen-bond acceptors (Lipinski definition) is 3. The molecule has 3 rings (SSSR count). The Kier molecular flexibility index (Phi) is 6.63. The van der Waals surface area contributed by atoms with Gasteiger partial charge in [-0.05, 0) is 74.2 Å². The Morgan fingerprint density at radius 3 is 2.63 bits per heavy atom. The Hall–Kier alpha value is -2.18. The summed E-state index contributed by atoms with van der Waals surface area (Å²) in [6, 6.07) is 13.4. The van der Waals surface area contributed by atoms with Gasteiger partial charge in [0.05, 0.1) is 12.6 Å². The van der Waals surface area contributed by atoms with E-state index in [0.717, 1.165) is 40.7 Å². The highest BCUT2D eigenvalue weighted by Gasteiger charge is 2.16. The maximum Gasteiger partial charge on any atom is 0.257 e. The highest BCUT2D eigenvalue weighted by molar-refractivity contribution is 9.10. The molecule has 1 aliphatic heterocycles. The lowest BCUT2D eigenvalue weighted by Crippen LogP contribution is -2.36. The van der Waals surface area contributed by atoms with Crippen molar-refractivity contribution in [3.8, 4) is 0 Å². The van der Waals surface area contributed by atoms with Crippen LogP contribution in [0, 0.1) is 13.8 Å². The van der Waals surface area contributed by atoms with E-state index in [1.807, 2.05) is 56.3 Å². The van der Waals surface area contributed by atoms with E-state index in [2.05, 4.69) is 31.6 Å². The number of benzene rings is 2. The molecule has 2 aromatic rings. The van der Waals surface area contributed by atoms with E-state index in [4.69, 9.17) is 4.74 Å². The van der Waals surface area contributed by atoms with Gasteiger partial charge in [-0.3, -0.25) is 10.1 Å². The molecule has 27 heavy (non-hydrogen) atoms. The maximum absolute atomic E-state index is 12.7. The monoisotopic (exact) mass is 429 g/mol. The van der Waals surface area contributed by atoms with Crippen molar-refractivity contribution in [3.63, 3.8) is 0 Å². The van der Waals surface area contributed by atoms with Crippen molar-refractivity contribution in [3.05, 3.63) is 63.6 Å². The van der Waals surface area contributed by atoms with E-state index in [1.54, 1.807) is 0 Å². The lowest BCUT2D eigenvalue weighted by atomic mass is 10.1. The van der Waals surface area contributed by atoms with Crippen molar-refractivity contribution in [1.29, 1.82) is 0 Å². The number of ether oxygens (including phenoxy) is 1. The number of hydrogen-bond donors (Lipinski definition) is 2. The summed E-state index contributed by atoms with van der Waals surface area (Å²) in [5, 5.41) is 6.10. The second kappa shape index (κ2) is 9.15. The molecular formula is C21H24BrN3O2. The molecule has 0 bridgehead atoms. The van der Waals surface area contributed by atoms with E-state index in [-0.39, 0.29) is 12.0 Å². The summed E-state index contributed by atoms with van der Waals surface area (Å²) in [4.78, 5) is 17.3. The first-order chi connectivity index (χ1) is 13.0. The van der Waals surface area contributed by atoms with Crippen molar-refractivity contribution in [2.45, 2.75) is 32.8 Å². The van der Waals surface area contributed by atoms with Gasteiger partial charge in [0, 0.05) is 22.3 Å². The first kappa shape index (κ1) is 19.6. The van der Waals surface area contributed by atoms with Gasteiger partial charge in [0.25, 0.3) is 5.91 Å². The molecule has 0 unspecified atom stereocenters. The van der Waals surface area contributed by atoms with Crippen LogP contribution >= 0.6 is 15.9 Å². The minimum Gasteiger partial charge on any atom is -0.376 e. The predicted octanol–water partition coefficient (Wildman–Crippen LogP) is 4.44. The molecule has 2 aromatic carbocycles. The van der Waals surface area contributed by atoms with Gasteiger partial charge >= 0.3 is 0 Å². The topological polar surface area (TPSA) is 62.7 Å². The summed E-state index contributed by atoms with van der Waals surface area (Å²) < 4.78 is 6.62. The van der Waals surface area contributed by atoms with Gasteiger partial charge in [-0.2, -0.15) is 0 Å². The quantitative estimate of drug-likeness (QED) is 0.557. The zero-order valence-corrected chi connectivity index (χ0v) is 17.2. The Morgan fingerprint density at radius 2 is 1.96 bits per heavy atom. The molecule has 6 heteroatoms. The second-order valence-electron chi connectivity index (χ2n) is 6.71. The number of halogens is 1. The van der Waals surface area contributed by atoms with Crippen LogP contribution in [-0.2, 0) is 4.74 Å². The van der Waals surface area contributed by atoms with Crippen LogP contribution in [0.15, 0.2) is 51.9 Å². The van der Waals surface area contributed by atoms with Crippen LogP contribution in [0.4, 0.5) is 5.69 Å². The van der Waals surface area contributed by atoms with Crippen molar-refractivity contribution in [2.24, 2.45) is 4.99 Å². The number of amides is 1. The Bertz CT molecular complexity index is 828. The van der Waals surface area contributed by atoms with E-state index in [9.17, 15) is 4.79 Å². The van der Waals surface area contributed by atoms with Crippen LogP contribution in [0.25, 0.3) is 0 Å². The normalized spacial score (nSPS) is 17.0. The number of aryl methyl sites for hydroxylation is 2. The van der Waals surface area contributed by atoms with Gasteiger partial charge in [-0.15, -0.1) is 0 Å².